The molecule has 0 atom stereocenters. The van der Waals surface area contributed by atoms with Crippen molar-refractivity contribution in [2.24, 2.45) is 10.5 Å². The molecular weight excluding hydrogens is 474 g/mol. The van der Waals surface area contributed by atoms with E-state index in [-0.39, 0.29) is 28.0 Å². The fourth-order valence-electron chi connectivity index (χ4n) is 4.43. The van der Waals surface area contributed by atoms with Crippen LogP contribution >= 0.6 is 0 Å². The van der Waals surface area contributed by atoms with Gasteiger partial charge in [0.05, 0.1) is 36.7 Å². The molecule has 2 aromatic carbocycles. The number of hydrogen-bond donors (Lipinski definition) is 2. The van der Waals surface area contributed by atoms with E-state index in [9.17, 15) is 14.4 Å². The van der Waals surface area contributed by atoms with Gasteiger partial charge in [0, 0.05) is 23.2 Å². The molecule has 1 amide bonds. The lowest BCUT2D eigenvalue weighted by Crippen LogP contribution is -2.27. The maximum atomic E-state index is 13.3. The summed E-state index contributed by atoms with van der Waals surface area (Å²) in [6, 6.07) is 13.8. The number of hydrogen-bond acceptors (Lipinski definition) is 8. The summed E-state index contributed by atoms with van der Waals surface area (Å²) < 4.78 is 15.6. The lowest BCUT2D eigenvalue weighted by atomic mass is 9.75. The van der Waals surface area contributed by atoms with E-state index in [1.807, 2.05) is 37.3 Å². The van der Waals surface area contributed by atoms with Crippen molar-refractivity contribution in [1.82, 2.24) is 0 Å². The zero-order valence-corrected chi connectivity index (χ0v) is 21.4. The molecule has 1 aliphatic carbocycles. The second-order valence-electron chi connectivity index (χ2n) is 9.64. The van der Waals surface area contributed by atoms with Gasteiger partial charge in [0.1, 0.15) is 5.76 Å². The molecule has 0 spiro atoms. The number of nitrogens with zero attached hydrogens (tertiary/aromatic N) is 1. The van der Waals surface area contributed by atoms with E-state index in [1.54, 1.807) is 0 Å². The van der Waals surface area contributed by atoms with Crippen LogP contribution in [0.25, 0.3) is 0 Å². The van der Waals surface area contributed by atoms with Gasteiger partial charge < -0.3 is 19.2 Å². The number of anilines is 2. The minimum Gasteiger partial charge on any atom is -0.465 e. The van der Waals surface area contributed by atoms with Crippen LogP contribution in [0.5, 0.6) is 0 Å². The van der Waals surface area contributed by atoms with Crippen LogP contribution in [0.15, 0.2) is 58.0 Å². The second-order valence-corrected chi connectivity index (χ2v) is 9.64. The van der Waals surface area contributed by atoms with Gasteiger partial charge in [-0.15, -0.1) is 0 Å². The smallest absolute Gasteiger partial charge is 0.337 e. The molecular formula is C28H29N3O6. The Morgan fingerprint density at radius 1 is 0.919 bits per heavy atom. The van der Waals surface area contributed by atoms with Crippen LogP contribution in [-0.4, -0.2) is 37.8 Å². The Hall–Kier alpha value is -4.40. The fourth-order valence-corrected chi connectivity index (χ4v) is 4.43. The monoisotopic (exact) mass is 503 g/mol. The van der Waals surface area contributed by atoms with Crippen LogP contribution in [0.3, 0.4) is 0 Å². The summed E-state index contributed by atoms with van der Waals surface area (Å²) >= 11 is 0. The van der Waals surface area contributed by atoms with Gasteiger partial charge in [-0.25, -0.2) is 9.59 Å². The minimum absolute atomic E-state index is 0.0966. The van der Waals surface area contributed by atoms with Crippen molar-refractivity contribution < 1.29 is 28.3 Å². The zero-order chi connectivity index (χ0) is 26.7. The second kappa shape index (κ2) is 10.3. The molecule has 0 aliphatic heterocycles. The summed E-state index contributed by atoms with van der Waals surface area (Å²) in [7, 11) is 2.46. The third-order valence-electron chi connectivity index (χ3n) is 6.13. The quantitative estimate of drug-likeness (QED) is 0.350. The van der Waals surface area contributed by atoms with Crippen LogP contribution in [0.1, 0.15) is 68.4 Å². The maximum Gasteiger partial charge on any atom is 0.337 e. The van der Waals surface area contributed by atoms with E-state index in [2.05, 4.69) is 29.7 Å². The molecule has 0 radical (unpaired) electrons. The maximum absolute atomic E-state index is 13.3. The third kappa shape index (κ3) is 5.55. The molecule has 0 bridgehead atoms. The van der Waals surface area contributed by atoms with E-state index in [0.29, 0.717) is 24.2 Å². The summed E-state index contributed by atoms with van der Waals surface area (Å²) in [6.07, 6.45) is 1.34. The highest BCUT2D eigenvalue weighted by atomic mass is 16.5. The number of benzene rings is 2. The van der Waals surface area contributed by atoms with Crippen molar-refractivity contribution in [2.75, 3.05) is 25.0 Å². The largest absolute Gasteiger partial charge is 0.465 e. The zero-order valence-electron chi connectivity index (χ0n) is 21.4. The van der Waals surface area contributed by atoms with Crippen LogP contribution in [0, 0.1) is 12.3 Å². The van der Waals surface area contributed by atoms with Crippen LogP contribution in [0.2, 0.25) is 0 Å². The van der Waals surface area contributed by atoms with E-state index >= 15 is 0 Å². The first-order valence-corrected chi connectivity index (χ1v) is 11.7. The first kappa shape index (κ1) is 25.7. The number of carbonyl (C=O) groups is 3. The van der Waals surface area contributed by atoms with Gasteiger partial charge in [-0.05, 0) is 49.1 Å². The molecule has 1 aromatic heterocycles. The predicted molar refractivity (Wildman–Crippen MR) is 139 cm³/mol. The predicted octanol–water partition coefficient (Wildman–Crippen LogP) is 5.20. The van der Waals surface area contributed by atoms with Gasteiger partial charge >= 0.3 is 11.9 Å². The molecule has 9 nitrogen and oxygen atoms in total. The average Bonchev–Trinajstić information content (AvgIpc) is 3.21. The van der Waals surface area contributed by atoms with Crippen molar-refractivity contribution >= 4 is 34.9 Å². The number of para-hydroxylation sites is 1. The molecule has 0 unspecified atom stereocenters. The SMILES string of the molecule is COC(=O)c1cc(NC(=O)c2oc3c(c2C)/C(=N\Nc2ccccc2)CC(C)(C)C3)cc(C(=O)OC)c1. The van der Waals surface area contributed by atoms with Crippen LogP contribution < -0.4 is 10.7 Å². The van der Waals surface area contributed by atoms with Gasteiger partial charge in [0.2, 0.25) is 0 Å². The van der Waals surface area contributed by atoms with E-state index < -0.39 is 17.8 Å². The third-order valence-corrected chi connectivity index (χ3v) is 6.13. The molecule has 3 aromatic rings. The number of esters is 2. The van der Waals surface area contributed by atoms with E-state index in [4.69, 9.17) is 13.9 Å². The summed E-state index contributed by atoms with van der Waals surface area (Å²) in [5.41, 5.74) is 6.53. The van der Waals surface area contributed by atoms with Crippen LogP contribution in [-0.2, 0) is 15.9 Å². The molecule has 4 rings (SSSR count). The van der Waals surface area contributed by atoms with Crippen molar-refractivity contribution in [3.63, 3.8) is 0 Å². The normalized spacial score (nSPS) is 15.0. The number of ether oxygens (including phenoxy) is 2. The summed E-state index contributed by atoms with van der Waals surface area (Å²) in [6.45, 7) is 6.06. The number of nitrogens with one attached hydrogen (secondary N) is 2. The van der Waals surface area contributed by atoms with Gasteiger partial charge in [0.15, 0.2) is 5.76 Å². The van der Waals surface area contributed by atoms with Crippen molar-refractivity contribution in [3.8, 4) is 0 Å². The fraction of sp³-hybridized carbons (Fsp3) is 0.286. The van der Waals surface area contributed by atoms with Crippen molar-refractivity contribution in [1.29, 1.82) is 0 Å². The van der Waals surface area contributed by atoms with Crippen molar-refractivity contribution in [2.45, 2.75) is 33.6 Å². The summed E-state index contributed by atoms with van der Waals surface area (Å²) in [4.78, 5) is 37.5. The highest BCUT2D eigenvalue weighted by molar-refractivity contribution is 6.10. The Morgan fingerprint density at radius 2 is 1.54 bits per heavy atom. The molecule has 0 fully saturated rings. The van der Waals surface area contributed by atoms with E-state index in [1.165, 1.54) is 32.4 Å². The molecule has 1 heterocycles. The number of hydrazone groups is 1. The van der Waals surface area contributed by atoms with Crippen molar-refractivity contribution in [3.05, 3.63) is 82.3 Å². The average molecular weight is 504 g/mol. The van der Waals surface area contributed by atoms with Gasteiger partial charge in [0.25, 0.3) is 5.91 Å². The lowest BCUT2D eigenvalue weighted by Gasteiger charge is -2.29. The molecule has 0 saturated carbocycles. The first-order chi connectivity index (χ1) is 17.6. The highest BCUT2D eigenvalue weighted by Gasteiger charge is 2.36. The first-order valence-electron chi connectivity index (χ1n) is 11.7. The Morgan fingerprint density at radius 3 is 2.14 bits per heavy atom. The molecule has 9 heteroatoms. The van der Waals surface area contributed by atoms with Gasteiger partial charge in [-0.2, -0.15) is 5.10 Å². The Balaban J connectivity index is 1.68. The van der Waals surface area contributed by atoms with Crippen LogP contribution in [0.4, 0.5) is 11.4 Å². The number of amides is 1. The molecule has 0 saturated heterocycles. The standard InChI is InChI=1S/C28H29N3O6/c1-16-23-21(31-30-19-9-7-6-8-10-19)14-28(2,3)15-22(23)37-24(16)25(32)29-20-12-17(26(33)35-4)11-18(13-20)27(34)36-5/h6-13,30H,14-15H2,1-5H3,(H,29,32)/b31-21-. The topological polar surface area (TPSA) is 119 Å². The Kier molecular flexibility index (Phi) is 7.15. The number of rotatable bonds is 6. The molecule has 2 N–H and O–H groups in total. The molecule has 37 heavy (non-hydrogen) atoms. The Bertz CT molecular complexity index is 1350. The summed E-state index contributed by atoms with van der Waals surface area (Å²) in [5.74, 6) is -0.998. The lowest BCUT2D eigenvalue weighted by molar-refractivity contribution is 0.0598. The number of carbonyl (C=O) groups excluding carboxylic acids is 3. The minimum atomic E-state index is -0.653. The number of furan rings is 1. The molecule has 1 aliphatic rings. The number of fused-ring (bicyclic) bond motifs is 1. The van der Waals surface area contributed by atoms with E-state index in [0.717, 1.165) is 17.0 Å². The summed E-state index contributed by atoms with van der Waals surface area (Å²) in [5, 5.41) is 7.40. The number of methoxy groups -OCH3 is 2. The molecule has 192 valence electrons. The van der Waals surface area contributed by atoms with Gasteiger partial charge in [-0.1, -0.05) is 32.0 Å². The Labute approximate surface area is 214 Å². The van der Waals surface area contributed by atoms with Gasteiger partial charge in [-0.3, -0.25) is 10.2 Å². The highest BCUT2D eigenvalue weighted by Crippen LogP contribution is 2.39.